The van der Waals surface area contributed by atoms with Gasteiger partial charge in [-0.2, -0.15) is 0 Å². The lowest BCUT2D eigenvalue weighted by atomic mass is 9.88. The highest BCUT2D eigenvalue weighted by Gasteiger charge is 2.25. The van der Waals surface area contributed by atoms with Gasteiger partial charge in [0.25, 0.3) is 0 Å². The topological polar surface area (TPSA) is 65.2 Å². The van der Waals surface area contributed by atoms with Crippen molar-refractivity contribution >= 4 is 5.97 Å². The van der Waals surface area contributed by atoms with Crippen LogP contribution in [-0.4, -0.2) is 17.1 Å². The zero-order chi connectivity index (χ0) is 13.0. The highest BCUT2D eigenvalue weighted by molar-refractivity contribution is 5.87. The van der Waals surface area contributed by atoms with E-state index in [4.69, 9.17) is 10.5 Å². The molecule has 1 fully saturated rings. The molecule has 1 aromatic rings. The third kappa shape index (κ3) is 3.07. The van der Waals surface area contributed by atoms with E-state index in [0.29, 0.717) is 18.2 Å². The molecule has 2 atom stereocenters. The van der Waals surface area contributed by atoms with Gasteiger partial charge in [-0.15, -0.1) is 0 Å². The summed E-state index contributed by atoms with van der Waals surface area (Å²) in [5.74, 6) is 0.128. The van der Waals surface area contributed by atoms with Gasteiger partial charge in [-0.05, 0) is 36.8 Å². The molecule has 2 N–H and O–H groups in total. The number of aromatic nitrogens is 1. The molecule has 0 radical (unpaired) electrons. The first-order valence-corrected chi connectivity index (χ1v) is 6.56. The van der Waals surface area contributed by atoms with Gasteiger partial charge in [-0.1, -0.05) is 19.4 Å². The van der Waals surface area contributed by atoms with E-state index in [1.807, 2.05) is 6.07 Å². The number of pyridine rings is 1. The number of esters is 1. The van der Waals surface area contributed by atoms with Crippen molar-refractivity contribution in [1.82, 2.24) is 4.98 Å². The van der Waals surface area contributed by atoms with Crippen molar-refractivity contribution in [1.29, 1.82) is 0 Å². The van der Waals surface area contributed by atoms with Gasteiger partial charge in [-0.25, -0.2) is 9.78 Å². The number of rotatable bonds is 3. The molecule has 1 saturated carbocycles. The Hall–Kier alpha value is -1.42. The number of carbonyl (C=O) groups excluding carboxylic acids is 1. The second kappa shape index (κ2) is 5.96. The van der Waals surface area contributed by atoms with Crippen LogP contribution < -0.4 is 5.73 Å². The molecule has 4 heteroatoms. The Kier molecular flexibility index (Phi) is 4.31. The molecule has 1 aromatic heterocycles. The Labute approximate surface area is 108 Å². The Morgan fingerprint density at radius 3 is 2.83 bits per heavy atom. The Morgan fingerprint density at radius 1 is 1.44 bits per heavy atom. The van der Waals surface area contributed by atoms with Crippen LogP contribution in [0.4, 0.5) is 0 Å². The van der Waals surface area contributed by atoms with E-state index in [1.165, 1.54) is 6.42 Å². The number of nitrogens with zero attached hydrogens (tertiary/aromatic N) is 1. The maximum atomic E-state index is 11.9. The minimum absolute atomic E-state index is 0.0437. The van der Waals surface area contributed by atoms with E-state index < -0.39 is 0 Å². The molecule has 2 rings (SSSR count). The summed E-state index contributed by atoms with van der Waals surface area (Å²) in [6.07, 6.45) is 6.15. The SMILES string of the molecule is CC1CCCCC1OC(=O)c1ccc(CN)cn1. The highest BCUT2D eigenvalue weighted by atomic mass is 16.5. The van der Waals surface area contributed by atoms with Gasteiger partial charge in [0.15, 0.2) is 0 Å². The van der Waals surface area contributed by atoms with Crippen molar-refractivity contribution < 1.29 is 9.53 Å². The predicted octanol–water partition coefficient (Wildman–Crippen LogP) is 2.28. The largest absolute Gasteiger partial charge is 0.457 e. The molecular weight excluding hydrogens is 228 g/mol. The monoisotopic (exact) mass is 248 g/mol. The fraction of sp³-hybridized carbons (Fsp3) is 0.571. The van der Waals surface area contributed by atoms with E-state index in [9.17, 15) is 4.79 Å². The molecule has 18 heavy (non-hydrogen) atoms. The fourth-order valence-electron chi connectivity index (χ4n) is 2.32. The van der Waals surface area contributed by atoms with Crippen molar-refractivity contribution in [2.24, 2.45) is 11.7 Å². The van der Waals surface area contributed by atoms with Gasteiger partial charge in [0.05, 0.1) is 0 Å². The van der Waals surface area contributed by atoms with E-state index in [1.54, 1.807) is 12.3 Å². The van der Waals surface area contributed by atoms with Crippen LogP contribution in [0.25, 0.3) is 0 Å². The highest BCUT2D eigenvalue weighted by Crippen LogP contribution is 2.26. The second-order valence-electron chi connectivity index (χ2n) is 4.96. The summed E-state index contributed by atoms with van der Waals surface area (Å²) in [6, 6.07) is 3.49. The molecule has 0 aliphatic heterocycles. The molecule has 0 spiro atoms. The number of carbonyl (C=O) groups is 1. The molecule has 4 nitrogen and oxygen atoms in total. The Bertz CT molecular complexity index is 403. The molecule has 0 aromatic carbocycles. The minimum atomic E-state index is -0.322. The minimum Gasteiger partial charge on any atom is -0.457 e. The molecular formula is C14H20N2O2. The van der Waals surface area contributed by atoms with Crippen molar-refractivity contribution in [3.8, 4) is 0 Å². The van der Waals surface area contributed by atoms with E-state index >= 15 is 0 Å². The van der Waals surface area contributed by atoms with Crippen molar-refractivity contribution in [3.63, 3.8) is 0 Å². The number of hydrogen-bond acceptors (Lipinski definition) is 4. The molecule has 0 saturated heterocycles. The van der Waals surface area contributed by atoms with Crippen LogP contribution in [0.1, 0.15) is 48.7 Å². The van der Waals surface area contributed by atoms with Crippen LogP contribution in [0.2, 0.25) is 0 Å². The smallest absolute Gasteiger partial charge is 0.357 e. The molecule has 1 aliphatic rings. The van der Waals surface area contributed by atoms with Crippen LogP contribution in [0.15, 0.2) is 18.3 Å². The van der Waals surface area contributed by atoms with Crippen LogP contribution in [-0.2, 0) is 11.3 Å². The number of ether oxygens (including phenoxy) is 1. The second-order valence-corrected chi connectivity index (χ2v) is 4.96. The zero-order valence-electron chi connectivity index (χ0n) is 10.8. The van der Waals surface area contributed by atoms with Crippen LogP contribution >= 0.6 is 0 Å². The van der Waals surface area contributed by atoms with Crippen LogP contribution in [0.3, 0.4) is 0 Å². The molecule has 1 aliphatic carbocycles. The summed E-state index contributed by atoms with van der Waals surface area (Å²) in [7, 11) is 0. The number of hydrogen-bond donors (Lipinski definition) is 1. The zero-order valence-corrected chi connectivity index (χ0v) is 10.8. The fourth-order valence-corrected chi connectivity index (χ4v) is 2.32. The molecule has 98 valence electrons. The summed E-state index contributed by atoms with van der Waals surface area (Å²) in [6.45, 7) is 2.57. The first-order valence-electron chi connectivity index (χ1n) is 6.56. The lowest BCUT2D eigenvalue weighted by Gasteiger charge is -2.28. The van der Waals surface area contributed by atoms with E-state index in [0.717, 1.165) is 24.8 Å². The first kappa shape index (κ1) is 13.0. The predicted molar refractivity (Wildman–Crippen MR) is 69.0 cm³/mol. The molecule has 1 heterocycles. The maximum absolute atomic E-state index is 11.9. The molecule has 2 unspecified atom stereocenters. The van der Waals surface area contributed by atoms with Crippen LogP contribution in [0.5, 0.6) is 0 Å². The third-order valence-corrected chi connectivity index (χ3v) is 3.56. The lowest BCUT2D eigenvalue weighted by Crippen LogP contribution is -2.28. The standard InChI is InChI=1S/C14H20N2O2/c1-10-4-2-3-5-13(10)18-14(17)12-7-6-11(8-15)9-16-12/h6-7,9-10,13H,2-5,8,15H2,1H3. The van der Waals surface area contributed by atoms with Crippen molar-refractivity contribution in [2.45, 2.75) is 45.3 Å². The molecule has 0 bridgehead atoms. The van der Waals surface area contributed by atoms with Gasteiger partial charge >= 0.3 is 5.97 Å². The van der Waals surface area contributed by atoms with E-state index in [-0.39, 0.29) is 12.1 Å². The normalized spacial score (nSPS) is 23.7. The average molecular weight is 248 g/mol. The summed E-state index contributed by atoms with van der Waals surface area (Å²) in [4.78, 5) is 16.0. The van der Waals surface area contributed by atoms with Crippen molar-refractivity contribution in [2.75, 3.05) is 0 Å². The van der Waals surface area contributed by atoms with Gasteiger partial charge in [0, 0.05) is 12.7 Å². The lowest BCUT2D eigenvalue weighted by molar-refractivity contribution is 0.00420. The van der Waals surface area contributed by atoms with Gasteiger partial charge in [0.2, 0.25) is 0 Å². The summed E-state index contributed by atoms with van der Waals surface area (Å²) < 4.78 is 5.53. The Balaban J connectivity index is 1.97. The van der Waals surface area contributed by atoms with E-state index in [2.05, 4.69) is 11.9 Å². The third-order valence-electron chi connectivity index (χ3n) is 3.56. The molecule has 0 amide bonds. The quantitative estimate of drug-likeness (QED) is 0.833. The number of nitrogens with two attached hydrogens (primary N) is 1. The van der Waals surface area contributed by atoms with Gasteiger partial charge < -0.3 is 10.5 Å². The summed E-state index contributed by atoms with van der Waals surface area (Å²) in [5.41, 5.74) is 6.77. The van der Waals surface area contributed by atoms with Crippen LogP contribution in [0, 0.1) is 5.92 Å². The van der Waals surface area contributed by atoms with Crippen molar-refractivity contribution in [3.05, 3.63) is 29.6 Å². The summed E-state index contributed by atoms with van der Waals surface area (Å²) >= 11 is 0. The van der Waals surface area contributed by atoms with Gasteiger partial charge in [-0.3, -0.25) is 0 Å². The summed E-state index contributed by atoms with van der Waals surface area (Å²) in [5, 5.41) is 0. The average Bonchev–Trinajstić information content (AvgIpc) is 2.41. The maximum Gasteiger partial charge on any atom is 0.357 e. The van der Waals surface area contributed by atoms with Gasteiger partial charge in [0.1, 0.15) is 11.8 Å². The Morgan fingerprint density at radius 2 is 2.22 bits per heavy atom. The first-order chi connectivity index (χ1) is 8.70.